The fourth-order valence-electron chi connectivity index (χ4n) is 1.21. The summed E-state index contributed by atoms with van der Waals surface area (Å²) >= 11 is 4.84. The first-order valence-electron chi connectivity index (χ1n) is 4.28. The normalized spacial score (nSPS) is 19.9. The minimum atomic E-state index is -0.950. The highest BCUT2D eigenvalue weighted by atomic mass is 32.1. The number of nitrogens with zero attached hydrogens (tertiary/aromatic N) is 1. The summed E-state index contributed by atoms with van der Waals surface area (Å²) in [6, 6.07) is -0.950. The Morgan fingerprint density at radius 2 is 2.33 bits per heavy atom. The van der Waals surface area contributed by atoms with Crippen molar-refractivity contribution in [2.75, 3.05) is 0 Å². The van der Waals surface area contributed by atoms with Gasteiger partial charge in [0.25, 0.3) is 6.04 Å². The van der Waals surface area contributed by atoms with Gasteiger partial charge in [0.2, 0.25) is 0 Å². The first-order valence-corrected chi connectivity index (χ1v) is 4.69. The third kappa shape index (κ3) is 3.25. The molecule has 1 unspecified atom stereocenters. The van der Waals surface area contributed by atoms with Crippen LogP contribution in [0.15, 0.2) is 23.8 Å². The maximum Gasteiger partial charge on any atom is 0.303 e. The number of thiocarbonyl (C=S) groups is 1. The number of rotatable bonds is 4. The molecule has 0 aromatic rings. The summed E-state index contributed by atoms with van der Waals surface area (Å²) in [5.74, 6) is -0.897. The molecule has 0 heterocycles. The summed E-state index contributed by atoms with van der Waals surface area (Å²) in [6.45, 7) is 0. The second kappa shape index (κ2) is 4.79. The van der Waals surface area contributed by atoms with Gasteiger partial charge in [-0.25, -0.2) is 0 Å². The van der Waals surface area contributed by atoms with Crippen LogP contribution in [0, 0.1) is 10.1 Å². The molecular weight excluding hydrogens is 218 g/mol. The molecule has 0 radical (unpaired) electrons. The Hall–Kier alpha value is -1.56. The lowest BCUT2D eigenvalue weighted by atomic mass is 10.00. The molecule has 1 rings (SSSR count). The lowest BCUT2D eigenvalue weighted by Gasteiger charge is -2.10. The first-order chi connectivity index (χ1) is 7.00. The van der Waals surface area contributed by atoms with Gasteiger partial charge < -0.3 is 5.11 Å². The van der Waals surface area contributed by atoms with Gasteiger partial charge in [0, 0.05) is 11.3 Å². The predicted octanol–water partition coefficient (Wildman–Crippen LogP) is 1.36. The van der Waals surface area contributed by atoms with Gasteiger partial charge in [0.1, 0.15) is 0 Å². The van der Waals surface area contributed by atoms with Crippen molar-refractivity contribution in [2.24, 2.45) is 0 Å². The summed E-state index contributed by atoms with van der Waals surface area (Å²) in [4.78, 5) is 20.5. The summed E-state index contributed by atoms with van der Waals surface area (Å²) < 4.78 is 0. The van der Waals surface area contributed by atoms with E-state index in [0.717, 1.165) is 5.57 Å². The van der Waals surface area contributed by atoms with Crippen molar-refractivity contribution < 1.29 is 14.8 Å². The first kappa shape index (κ1) is 11.5. The van der Waals surface area contributed by atoms with Crippen molar-refractivity contribution in [2.45, 2.75) is 18.9 Å². The Morgan fingerprint density at radius 3 is 2.80 bits per heavy atom. The van der Waals surface area contributed by atoms with Crippen LogP contribution in [0.5, 0.6) is 0 Å². The van der Waals surface area contributed by atoms with Gasteiger partial charge in [-0.1, -0.05) is 18.3 Å². The zero-order chi connectivity index (χ0) is 11.4. The van der Waals surface area contributed by atoms with Gasteiger partial charge in [0.15, 0.2) is 0 Å². The molecule has 6 heteroatoms. The second-order valence-corrected chi connectivity index (χ2v) is 3.58. The molecule has 0 aromatic carbocycles. The van der Waals surface area contributed by atoms with Crippen LogP contribution in [-0.2, 0) is 4.79 Å². The standard InChI is InChI=1S/C9H9NO4S/c11-9(12)4-2-6-1-3-7(10(13)14)8(15)5-6/h1,3,5,7H,2,4H2,(H,11,12). The van der Waals surface area contributed by atoms with Crippen molar-refractivity contribution in [3.8, 4) is 0 Å². The van der Waals surface area contributed by atoms with E-state index in [1.807, 2.05) is 0 Å². The highest BCUT2D eigenvalue weighted by Crippen LogP contribution is 2.15. The maximum atomic E-state index is 10.5. The van der Waals surface area contributed by atoms with E-state index in [0.29, 0.717) is 6.42 Å². The van der Waals surface area contributed by atoms with Crippen LogP contribution in [0.3, 0.4) is 0 Å². The number of aliphatic carboxylic acids is 1. The smallest absolute Gasteiger partial charge is 0.303 e. The number of nitro groups is 1. The Kier molecular flexibility index (Phi) is 3.68. The molecule has 0 aromatic heterocycles. The molecule has 1 atom stereocenters. The second-order valence-electron chi connectivity index (χ2n) is 3.10. The molecule has 0 bridgehead atoms. The molecule has 1 aliphatic carbocycles. The van der Waals surface area contributed by atoms with Crippen LogP contribution >= 0.6 is 12.2 Å². The van der Waals surface area contributed by atoms with Crippen LogP contribution in [0.25, 0.3) is 0 Å². The number of allylic oxidation sites excluding steroid dienone is 2. The average molecular weight is 227 g/mol. The molecule has 1 N–H and O–H groups in total. The topological polar surface area (TPSA) is 80.4 Å². The monoisotopic (exact) mass is 227 g/mol. The third-order valence-electron chi connectivity index (χ3n) is 1.97. The Balaban J connectivity index is 2.63. The molecule has 0 amide bonds. The van der Waals surface area contributed by atoms with Crippen LogP contribution in [0.1, 0.15) is 12.8 Å². The third-order valence-corrected chi connectivity index (χ3v) is 2.33. The van der Waals surface area contributed by atoms with Gasteiger partial charge >= 0.3 is 5.97 Å². The van der Waals surface area contributed by atoms with E-state index >= 15 is 0 Å². The van der Waals surface area contributed by atoms with Crippen LogP contribution in [0.4, 0.5) is 0 Å². The molecule has 5 nitrogen and oxygen atoms in total. The van der Waals surface area contributed by atoms with Gasteiger partial charge in [-0.15, -0.1) is 0 Å². The molecule has 0 saturated carbocycles. The molecule has 15 heavy (non-hydrogen) atoms. The van der Waals surface area contributed by atoms with Gasteiger partial charge in [-0.2, -0.15) is 0 Å². The van der Waals surface area contributed by atoms with Gasteiger partial charge in [0.05, 0.1) is 4.86 Å². The van der Waals surface area contributed by atoms with E-state index in [4.69, 9.17) is 17.3 Å². The Bertz CT molecular complexity index is 372. The summed E-state index contributed by atoms with van der Waals surface area (Å²) in [6.07, 6.45) is 4.80. The van der Waals surface area contributed by atoms with Crippen LogP contribution < -0.4 is 0 Å². The van der Waals surface area contributed by atoms with E-state index in [1.54, 1.807) is 6.08 Å². The van der Waals surface area contributed by atoms with Gasteiger partial charge in [-0.3, -0.25) is 14.9 Å². The highest BCUT2D eigenvalue weighted by Gasteiger charge is 2.23. The lowest BCUT2D eigenvalue weighted by Crippen LogP contribution is -2.26. The Labute approximate surface area is 91.2 Å². The zero-order valence-electron chi connectivity index (χ0n) is 7.75. The van der Waals surface area contributed by atoms with E-state index in [9.17, 15) is 14.9 Å². The van der Waals surface area contributed by atoms with Crippen molar-refractivity contribution in [1.29, 1.82) is 0 Å². The fraction of sp³-hybridized carbons (Fsp3) is 0.333. The number of carbonyl (C=O) groups is 1. The minimum absolute atomic E-state index is 0.00190. The van der Waals surface area contributed by atoms with Crippen LogP contribution in [0.2, 0.25) is 0 Å². The molecular formula is C9H9NO4S. The maximum absolute atomic E-state index is 10.5. The summed E-state index contributed by atoms with van der Waals surface area (Å²) in [7, 11) is 0. The van der Waals surface area contributed by atoms with E-state index in [2.05, 4.69) is 0 Å². The van der Waals surface area contributed by atoms with E-state index in [-0.39, 0.29) is 11.3 Å². The average Bonchev–Trinajstić information content (AvgIpc) is 2.14. The molecule has 0 saturated heterocycles. The number of hydrogen-bond acceptors (Lipinski definition) is 4. The molecule has 0 fully saturated rings. The van der Waals surface area contributed by atoms with Crippen molar-refractivity contribution >= 4 is 23.1 Å². The highest BCUT2D eigenvalue weighted by molar-refractivity contribution is 7.80. The summed E-state index contributed by atoms with van der Waals surface area (Å²) in [5.41, 5.74) is 0.723. The fourth-order valence-corrected chi connectivity index (χ4v) is 1.52. The Morgan fingerprint density at radius 1 is 1.67 bits per heavy atom. The number of carboxylic acids is 1. The van der Waals surface area contributed by atoms with E-state index < -0.39 is 16.9 Å². The lowest BCUT2D eigenvalue weighted by molar-refractivity contribution is -0.489. The van der Waals surface area contributed by atoms with Gasteiger partial charge in [-0.05, 0) is 24.1 Å². The molecule has 80 valence electrons. The molecule has 0 aliphatic heterocycles. The van der Waals surface area contributed by atoms with Crippen molar-refractivity contribution in [3.05, 3.63) is 33.9 Å². The number of carboxylic acid groups (broad SMARTS) is 1. The predicted molar refractivity (Wildman–Crippen MR) is 57.5 cm³/mol. The van der Waals surface area contributed by atoms with Crippen molar-refractivity contribution in [3.63, 3.8) is 0 Å². The largest absolute Gasteiger partial charge is 0.481 e. The quantitative estimate of drug-likeness (QED) is 0.445. The molecule has 1 aliphatic rings. The SMILES string of the molecule is O=C(O)CCC1=CC(=S)C([N+](=O)[O-])C=C1. The zero-order valence-corrected chi connectivity index (χ0v) is 8.57. The van der Waals surface area contributed by atoms with Crippen molar-refractivity contribution in [1.82, 2.24) is 0 Å². The molecule has 0 spiro atoms. The summed E-state index contributed by atoms with van der Waals surface area (Å²) in [5, 5.41) is 18.9. The minimum Gasteiger partial charge on any atom is -0.481 e. The van der Waals surface area contributed by atoms with Crippen LogP contribution in [-0.4, -0.2) is 26.9 Å². The van der Waals surface area contributed by atoms with E-state index in [1.165, 1.54) is 12.2 Å². The number of hydrogen-bond donors (Lipinski definition) is 1.